The van der Waals surface area contributed by atoms with Gasteiger partial charge in [0.05, 0.1) is 18.4 Å². The third-order valence-corrected chi connectivity index (χ3v) is 4.82. The van der Waals surface area contributed by atoms with Gasteiger partial charge in [0.2, 0.25) is 5.91 Å². The van der Waals surface area contributed by atoms with E-state index in [1.165, 1.54) is 0 Å². The quantitative estimate of drug-likeness (QED) is 0.787. The lowest BCUT2D eigenvalue weighted by molar-refractivity contribution is -0.142. The van der Waals surface area contributed by atoms with Crippen LogP contribution in [-0.4, -0.2) is 37.5 Å². The second-order valence-electron chi connectivity index (χ2n) is 6.62. The minimum absolute atomic E-state index is 0.000229. The number of nitrogens with zero attached hydrogens (tertiary/aromatic N) is 1. The molecule has 1 aliphatic rings. The van der Waals surface area contributed by atoms with Crippen molar-refractivity contribution in [1.29, 1.82) is 0 Å². The number of ether oxygens (including phenoxy) is 1. The molecule has 25 heavy (non-hydrogen) atoms. The van der Waals surface area contributed by atoms with E-state index in [9.17, 15) is 9.59 Å². The molecule has 130 valence electrons. The number of hydrogen-bond acceptors (Lipinski definition) is 3. The first-order valence-electron chi connectivity index (χ1n) is 8.57. The predicted octanol–water partition coefficient (Wildman–Crippen LogP) is 3.21. The van der Waals surface area contributed by atoms with E-state index in [0.717, 1.165) is 11.1 Å². The Labute approximate surface area is 148 Å². The van der Waals surface area contributed by atoms with E-state index in [1.54, 1.807) is 19.0 Å². The average Bonchev–Trinajstić information content (AvgIpc) is 3.06. The molecular formula is C21H23NO3. The van der Waals surface area contributed by atoms with Crippen molar-refractivity contribution in [2.24, 2.45) is 5.92 Å². The Morgan fingerprint density at radius 1 is 1.00 bits per heavy atom. The molecule has 3 rings (SSSR count). The number of benzene rings is 2. The first kappa shape index (κ1) is 17.2. The normalized spacial score (nSPS) is 19.1. The van der Waals surface area contributed by atoms with Gasteiger partial charge in [-0.1, -0.05) is 60.7 Å². The van der Waals surface area contributed by atoms with E-state index < -0.39 is 5.92 Å². The second-order valence-corrected chi connectivity index (χ2v) is 6.62. The number of likely N-dealkylation sites (N-methyl/N-ethyl adjacent to an activating group) is 1. The minimum Gasteiger partial charge on any atom is -0.465 e. The molecule has 1 fully saturated rings. The molecular weight excluding hydrogens is 314 g/mol. The van der Waals surface area contributed by atoms with E-state index in [4.69, 9.17) is 4.74 Å². The number of hydrogen-bond donors (Lipinski definition) is 0. The molecule has 0 radical (unpaired) electrons. The van der Waals surface area contributed by atoms with Gasteiger partial charge in [-0.2, -0.15) is 0 Å². The molecule has 0 saturated carbocycles. The topological polar surface area (TPSA) is 46.6 Å². The summed E-state index contributed by atoms with van der Waals surface area (Å²) in [4.78, 5) is 27.1. The number of esters is 1. The van der Waals surface area contributed by atoms with Gasteiger partial charge in [-0.15, -0.1) is 0 Å². The van der Waals surface area contributed by atoms with Gasteiger partial charge < -0.3 is 9.64 Å². The highest BCUT2D eigenvalue weighted by molar-refractivity contribution is 5.86. The molecule has 4 heteroatoms. The highest BCUT2D eigenvalue weighted by Gasteiger charge is 2.43. The molecule has 4 nitrogen and oxygen atoms in total. The van der Waals surface area contributed by atoms with Crippen molar-refractivity contribution in [1.82, 2.24) is 4.90 Å². The van der Waals surface area contributed by atoms with E-state index in [1.807, 2.05) is 60.7 Å². The molecule has 0 spiro atoms. The lowest BCUT2D eigenvalue weighted by Gasteiger charge is -2.31. The zero-order chi connectivity index (χ0) is 17.8. The Kier molecular flexibility index (Phi) is 5.17. The maximum absolute atomic E-state index is 13.1. The predicted molar refractivity (Wildman–Crippen MR) is 96.1 cm³/mol. The number of carbonyl (C=O) groups excluding carboxylic acids is 2. The molecule has 3 unspecified atom stereocenters. The molecule has 0 aromatic heterocycles. The zero-order valence-electron chi connectivity index (χ0n) is 14.6. The Bertz CT molecular complexity index is 727. The van der Waals surface area contributed by atoms with Crippen LogP contribution in [0.25, 0.3) is 0 Å². The van der Waals surface area contributed by atoms with Gasteiger partial charge in [-0.25, -0.2) is 0 Å². The monoisotopic (exact) mass is 337 g/mol. The largest absolute Gasteiger partial charge is 0.465 e. The Morgan fingerprint density at radius 2 is 1.56 bits per heavy atom. The average molecular weight is 337 g/mol. The van der Waals surface area contributed by atoms with Gasteiger partial charge in [0.15, 0.2) is 0 Å². The maximum Gasteiger partial charge on any atom is 0.309 e. The Hall–Kier alpha value is -2.62. The van der Waals surface area contributed by atoms with Gasteiger partial charge >= 0.3 is 5.97 Å². The van der Waals surface area contributed by atoms with Crippen LogP contribution < -0.4 is 0 Å². The zero-order valence-corrected chi connectivity index (χ0v) is 14.6. The summed E-state index contributed by atoms with van der Waals surface area (Å²) < 4.78 is 5.23. The van der Waals surface area contributed by atoms with Crippen LogP contribution >= 0.6 is 0 Å². The summed E-state index contributed by atoms with van der Waals surface area (Å²) in [5.41, 5.74) is 1.92. The van der Waals surface area contributed by atoms with Crippen LogP contribution in [0.1, 0.15) is 29.4 Å². The first-order chi connectivity index (χ1) is 12.1. The Balaban J connectivity index is 2.12. The standard InChI is InChI=1S/C21H23NO3/c1-22(2)20(23)19(16-11-7-4-8-12-16)18(15-9-5-3-6-10-15)17-13-14-25-21(17)24/h3-12,17-19H,13-14H2,1-2H3. The summed E-state index contributed by atoms with van der Waals surface area (Å²) in [6.45, 7) is 0.421. The molecule has 2 aromatic rings. The van der Waals surface area contributed by atoms with Crippen LogP contribution in [0.15, 0.2) is 60.7 Å². The van der Waals surface area contributed by atoms with Crippen molar-refractivity contribution in [3.05, 3.63) is 71.8 Å². The minimum atomic E-state index is -0.422. The maximum atomic E-state index is 13.1. The fourth-order valence-electron chi connectivity index (χ4n) is 3.61. The van der Waals surface area contributed by atoms with Crippen molar-refractivity contribution in [2.45, 2.75) is 18.3 Å². The molecule has 0 aliphatic carbocycles. The molecule has 0 N–H and O–H groups in total. The number of amides is 1. The molecule has 1 amide bonds. The van der Waals surface area contributed by atoms with Crippen molar-refractivity contribution >= 4 is 11.9 Å². The molecule has 3 atom stereocenters. The van der Waals surface area contributed by atoms with Crippen LogP contribution in [0.3, 0.4) is 0 Å². The summed E-state index contributed by atoms with van der Waals surface area (Å²) in [5.74, 6) is -1.18. The van der Waals surface area contributed by atoms with Gasteiger partial charge in [0.25, 0.3) is 0 Å². The molecule has 1 aliphatic heterocycles. The fraction of sp³-hybridized carbons (Fsp3) is 0.333. The molecule has 2 aromatic carbocycles. The van der Waals surface area contributed by atoms with Crippen LogP contribution in [0.2, 0.25) is 0 Å². The third-order valence-electron chi connectivity index (χ3n) is 4.82. The summed E-state index contributed by atoms with van der Waals surface area (Å²) in [6.07, 6.45) is 0.641. The Morgan fingerprint density at radius 3 is 2.04 bits per heavy atom. The van der Waals surface area contributed by atoms with Gasteiger partial charge in [0.1, 0.15) is 0 Å². The van der Waals surface area contributed by atoms with Crippen LogP contribution in [0.5, 0.6) is 0 Å². The highest BCUT2D eigenvalue weighted by atomic mass is 16.5. The van der Waals surface area contributed by atoms with E-state index in [0.29, 0.717) is 13.0 Å². The van der Waals surface area contributed by atoms with E-state index in [2.05, 4.69) is 0 Å². The number of cyclic esters (lactones) is 1. The number of rotatable bonds is 5. The first-order valence-corrected chi connectivity index (χ1v) is 8.57. The summed E-state index contributed by atoms with van der Waals surface area (Å²) in [7, 11) is 3.51. The second kappa shape index (κ2) is 7.51. The van der Waals surface area contributed by atoms with Crippen LogP contribution in [0, 0.1) is 5.92 Å². The lowest BCUT2D eigenvalue weighted by Crippen LogP contribution is -2.35. The van der Waals surface area contributed by atoms with Crippen molar-refractivity contribution in [2.75, 3.05) is 20.7 Å². The molecule has 0 bridgehead atoms. The summed E-state index contributed by atoms with van der Waals surface area (Å²) in [6, 6.07) is 19.5. The van der Waals surface area contributed by atoms with Gasteiger partial charge in [-0.05, 0) is 17.5 Å². The summed E-state index contributed by atoms with van der Waals surface area (Å²) in [5, 5.41) is 0. The SMILES string of the molecule is CN(C)C(=O)C(c1ccccc1)C(c1ccccc1)C1CCOC1=O. The highest BCUT2D eigenvalue weighted by Crippen LogP contribution is 2.43. The third kappa shape index (κ3) is 3.58. The lowest BCUT2D eigenvalue weighted by atomic mass is 9.72. The van der Waals surface area contributed by atoms with E-state index in [-0.39, 0.29) is 23.7 Å². The molecule has 1 saturated heterocycles. The summed E-state index contributed by atoms with van der Waals surface area (Å²) >= 11 is 0. The van der Waals surface area contributed by atoms with Crippen molar-refractivity contribution in [3.8, 4) is 0 Å². The fourth-order valence-corrected chi connectivity index (χ4v) is 3.61. The van der Waals surface area contributed by atoms with Crippen molar-refractivity contribution in [3.63, 3.8) is 0 Å². The smallest absolute Gasteiger partial charge is 0.309 e. The van der Waals surface area contributed by atoms with Gasteiger partial charge in [0, 0.05) is 20.0 Å². The van der Waals surface area contributed by atoms with Crippen molar-refractivity contribution < 1.29 is 14.3 Å². The molecule has 1 heterocycles. The van der Waals surface area contributed by atoms with Gasteiger partial charge in [-0.3, -0.25) is 9.59 Å². The van der Waals surface area contributed by atoms with E-state index >= 15 is 0 Å². The number of carbonyl (C=O) groups is 2. The van der Waals surface area contributed by atoms with Crippen LogP contribution in [-0.2, 0) is 14.3 Å². The van der Waals surface area contributed by atoms with Crippen LogP contribution in [0.4, 0.5) is 0 Å².